The van der Waals surface area contributed by atoms with Crippen molar-refractivity contribution in [3.63, 3.8) is 0 Å². The molecule has 2 N–H and O–H groups in total. The van der Waals surface area contributed by atoms with Gasteiger partial charge in [0.25, 0.3) is 5.91 Å². The van der Waals surface area contributed by atoms with E-state index < -0.39 is 0 Å². The van der Waals surface area contributed by atoms with E-state index in [4.69, 9.17) is 14.2 Å². The summed E-state index contributed by atoms with van der Waals surface area (Å²) in [4.78, 5) is 12.5. The second-order valence-corrected chi connectivity index (χ2v) is 5.86. The third-order valence-corrected chi connectivity index (χ3v) is 4.23. The Labute approximate surface area is 139 Å². The first-order valence-electron chi connectivity index (χ1n) is 8.14. The van der Waals surface area contributed by atoms with Crippen molar-refractivity contribution in [3.8, 4) is 22.8 Å². The van der Waals surface area contributed by atoms with Gasteiger partial charge in [-0.2, -0.15) is 5.10 Å². The van der Waals surface area contributed by atoms with E-state index in [1.165, 1.54) is 6.20 Å². The highest BCUT2D eigenvalue weighted by molar-refractivity contribution is 5.99. The molecule has 3 heterocycles. The van der Waals surface area contributed by atoms with Gasteiger partial charge in [0.2, 0.25) is 0 Å². The van der Waals surface area contributed by atoms with Crippen LogP contribution in [0.5, 0.6) is 11.5 Å². The van der Waals surface area contributed by atoms with E-state index in [0.29, 0.717) is 42.5 Å². The number of H-pyrrole nitrogens is 1. The van der Waals surface area contributed by atoms with E-state index in [1.54, 1.807) is 0 Å². The van der Waals surface area contributed by atoms with Crippen LogP contribution in [0, 0.1) is 0 Å². The minimum absolute atomic E-state index is 0.110. The number of aromatic amines is 1. The molecule has 1 aromatic carbocycles. The van der Waals surface area contributed by atoms with Gasteiger partial charge in [0.1, 0.15) is 13.2 Å². The number of carbonyl (C=O) groups excluding carboxylic acids is 1. The summed E-state index contributed by atoms with van der Waals surface area (Å²) in [6.45, 7) is 2.36. The number of ether oxygens (including phenoxy) is 3. The maximum atomic E-state index is 12.5. The van der Waals surface area contributed by atoms with Gasteiger partial charge in [-0.3, -0.25) is 9.89 Å². The molecule has 1 saturated heterocycles. The van der Waals surface area contributed by atoms with Gasteiger partial charge in [-0.25, -0.2) is 0 Å². The fourth-order valence-electron chi connectivity index (χ4n) is 2.98. The molecule has 0 saturated carbocycles. The first-order valence-corrected chi connectivity index (χ1v) is 8.14. The summed E-state index contributed by atoms with van der Waals surface area (Å²) in [7, 11) is 0. The summed E-state index contributed by atoms with van der Waals surface area (Å²) in [5.41, 5.74) is 2.00. The van der Waals surface area contributed by atoms with E-state index in [0.717, 1.165) is 25.0 Å². The Kier molecular flexibility index (Phi) is 4.08. The van der Waals surface area contributed by atoms with Crippen LogP contribution in [-0.4, -0.2) is 48.6 Å². The molecule has 0 aliphatic carbocycles. The molecule has 126 valence electrons. The molecule has 1 atom stereocenters. The Morgan fingerprint density at radius 3 is 2.96 bits per heavy atom. The number of amides is 1. The molecular weight excluding hydrogens is 310 g/mol. The molecular formula is C17H19N3O4. The van der Waals surface area contributed by atoms with Gasteiger partial charge in [0.05, 0.1) is 23.6 Å². The van der Waals surface area contributed by atoms with Crippen LogP contribution in [0.1, 0.15) is 23.2 Å². The monoisotopic (exact) mass is 329 g/mol. The standard InChI is InChI=1S/C17H19N3O4/c21-17(18-9-12-2-1-5-22-12)13-10-19-20-16(13)11-3-4-14-15(8-11)24-7-6-23-14/h3-4,8,10,12H,1-2,5-7,9H2,(H,18,21)(H,19,20). The molecule has 7 heteroatoms. The van der Waals surface area contributed by atoms with Crippen molar-refractivity contribution in [3.05, 3.63) is 30.0 Å². The lowest BCUT2D eigenvalue weighted by Gasteiger charge is -2.18. The number of aromatic nitrogens is 2. The van der Waals surface area contributed by atoms with E-state index >= 15 is 0 Å². The van der Waals surface area contributed by atoms with Gasteiger partial charge in [-0.15, -0.1) is 0 Å². The largest absolute Gasteiger partial charge is 0.486 e. The second-order valence-electron chi connectivity index (χ2n) is 5.86. The van der Waals surface area contributed by atoms with Crippen molar-refractivity contribution >= 4 is 5.91 Å². The van der Waals surface area contributed by atoms with Crippen LogP contribution in [0.4, 0.5) is 0 Å². The Morgan fingerprint density at radius 1 is 1.25 bits per heavy atom. The fraction of sp³-hybridized carbons (Fsp3) is 0.412. The molecule has 2 aliphatic rings. The summed E-state index contributed by atoms with van der Waals surface area (Å²) in [5, 5.41) is 9.84. The molecule has 0 bridgehead atoms. The number of hydrogen-bond donors (Lipinski definition) is 2. The number of rotatable bonds is 4. The van der Waals surface area contributed by atoms with E-state index in [1.807, 2.05) is 18.2 Å². The van der Waals surface area contributed by atoms with Gasteiger partial charge in [-0.05, 0) is 31.0 Å². The van der Waals surface area contributed by atoms with Crippen molar-refractivity contribution in [2.45, 2.75) is 18.9 Å². The zero-order chi connectivity index (χ0) is 16.4. The maximum Gasteiger partial charge on any atom is 0.255 e. The van der Waals surface area contributed by atoms with Crippen LogP contribution in [0.15, 0.2) is 24.4 Å². The normalized spacial score (nSPS) is 19.2. The molecule has 2 aliphatic heterocycles. The van der Waals surface area contributed by atoms with Crippen LogP contribution >= 0.6 is 0 Å². The third kappa shape index (κ3) is 2.94. The number of nitrogens with one attached hydrogen (secondary N) is 2. The zero-order valence-corrected chi connectivity index (χ0v) is 13.2. The fourth-order valence-corrected chi connectivity index (χ4v) is 2.98. The molecule has 4 rings (SSSR count). The highest BCUT2D eigenvalue weighted by atomic mass is 16.6. The minimum atomic E-state index is -0.163. The van der Waals surface area contributed by atoms with E-state index in [-0.39, 0.29) is 12.0 Å². The lowest BCUT2D eigenvalue weighted by Crippen LogP contribution is -2.31. The summed E-state index contributed by atoms with van der Waals surface area (Å²) in [6.07, 6.45) is 3.69. The Bertz CT molecular complexity index is 737. The molecule has 1 fully saturated rings. The summed E-state index contributed by atoms with van der Waals surface area (Å²) >= 11 is 0. The highest BCUT2D eigenvalue weighted by Gasteiger charge is 2.20. The highest BCUT2D eigenvalue weighted by Crippen LogP contribution is 2.34. The quantitative estimate of drug-likeness (QED) is 0.893. The lowest BCUT2D eigenvalue weighted by molar-refractivity contribution is 0.0858. The molecule has 1 aromatic heterocycles. The maximum absolute atomic E-state index is 12.5. The van der Waals surface area contributed by atoms with Gasteiger partial charge in [0, 0.05) is 18.7 Å². The summed E-state index contributed by atoms with van der Waals surface area (Å²) < 4.78 is 16.7. The van der Waals surface area contributed by atoms with E-state index in [2.05, 4.69) is 15.5 Å². The molecule has 7 nitrogen and oxygen atoms in total. The van der Waals surface area contributed by atoms with Crippen LogP contribution in [0.2, 0.25) is 0 Å². The smallest absolute Gasteiger partial charge is 0.255 e. The van der Waals surface area contributed by atoms with Crippen molar-refractivity contribution in [2.24, 2.45) is 0 Å². The molecule has 1 amide bonds. The average molecular weight is 329 g/mol. The van der Waals surface area contributed by atoms with Crippen molar-refractivity contribution in [1.82, 2.24) is 15.5 Å². The number of carbonyl (C=O) groups is 1. The average Bonchev–Trinajstić information content (AvgIpc) is 3.31. The number of nitrogens with zero attached hydrogens (tertiary/aromatic N) is 1. The number of benzene rings is 1. The predicted molar refractivity (Wildman–Crippen MR) is 86.3 cm³/mol. The topological polar surface area (TPSA) is 85.5 Å². The van der Waals surface area contributed by atoms with Gasteiger partial charge in [0.15, 0.2) is 11.5 Å². The molecule has 1 unspecified atom stereocenters. The Balaban J connectivity index is 1.52. The van der Waals surface area contributed by atoms with Crippen molar-refractivity contribution in [1.29, 1.82) is 0 Å². The number of fused-ring (bicyclic) bond motifs is 1. The molecule has 2 aromatic rings. The predicted octanol–water partition coefficient (Wildman–Crippen LogP) is 1.76. The summed E-state index contributed by atoms with van der Waals surface area (Å²) in [5.74, 6) is 1.23. The summed E-state index contributed by atoms with van der Waals surface area (Å²) in [6, 6.07) is 5.59. The van der Waals surface area contributed by atoms with Crippen LogP contribution in [-0.2, 0) is 4.74 Å². The van der Waals surface area contributed by atoms with Crippen LogP contribution in [0.25, 0.3) is 11.3 Å². The number of hydrogen-bond acceptors (Lipinski definition) is 5. The molecule has 0 radical (unpaired) electrons. The SMILES string of the molecule is O=C(NCC1CCCO1)c1cn[nH]c1-c1ccc2c(c1)OCCO2. The zero-order valence-electron chi connectivity index (χ0n) is 13.2. The minimum Gasteiger partial charge on any atom is -0.486 e. The third-order valence-electron chi connectivity index (χ3n) is 4.23. The van der Waals surface area contributed by atoms with Gasteiger partial charge >= 0.3 is 0 Å². The Morgan fingerprint density at radius 2 is 2.12 bits per heavy atom. The molecule has 24 heavy (non-hydrogen) atoms. The first-order chi connectivity index (χ1) is 11.8. The van der Waals surface area contributed by atoms with Crippen LogP contribution < -0.4 is 14.8 Å². The van der Waals surface area contributed by atoms with Crippen molar-refractivity contribution in [2.75, 3.05) is 26.4 Å². The van der Waals surface area contributed by atoms with Crippen LogP contribution in [0.3, 0.4) is 0 Å². The van der Waals surface area contributed by atoms with Gasteiger partial charge < -0.3 is 19.5 Å². The Hall–Kier alpha value is -2.54. The lowest BCUT2D eigenvalue weighted by atomic mass is 10.1. The first kappa shape index (κ1) is 15.0. The van der Waals surface area contributed by atoms with E-state index in [9.17, 15) is 4.79 Å². The second kappa shape index (κ2) is 6.52. The van der Waals surface area contributed by atoms with Gasteiger partial charge in [-0.1, -0.05) is 0 Å². The van der Waals surface area contributed by atoms with Crippen molar-refractivity contribution < 1.29 is 19.0 Å². The molecule has 0 spiro atoms.